The minimum atomic E-state index is -0.443. The third kappa shape index (κ3) is 5.63. The Morgan fingerprint density at radius 3 is 2.41 bits per heavy atom. The van der Waals surface area contributed by atoms with Crippen LogP contribution in [0, 0.1) is 0 Å². The lowest BCUT2D eigenvalue weighted by atomic mass is 9.97. The average molecular weight is 398 g/mol. The lowest BCUT2D eigenvalue weighted by Crippen LogP contribution is -2.02. The number of hydrogen-bond acceptors (Lipinski definition) is 7. The van der Waals surface area contributed by atoms with Crippen LogP contribution in [0.25, 0.3) is 10.8 Å². The van der Waals surface area contributed by atoms with E-state index in [1.54, 1.807) is 12.1 Å². The second kappa shape index (κ2) is 9.82. The first-order valence-electron chi connectivity index (χ1n) is 9.38. The van der Waals surface area contributed by atoms with E-state index in [1.807, 2.05) is 19.9 Å². The average Bonchev–Trinajstić information content (AvgIpc) is 2.64. The smallest absolute Gasteiger partial charge is 0.302 e. The Morgan fingerprint density at radius 1 is 1.07 bits per heavy atom. The second-order valence-corrected chi connectivity index (χ2v) is 6.98. The Hall–Kier alpha value is -3.22. The summed E-state index contributed by atoms with van der Waals surface area (Å²) in [6.45, 7) is 6.74. The van der Waals surface area contributed by atoms with Gasteiger partial charge in [-0.15, -0.1) is 0 Å². The van der Waals surface area contributed by atoms with E-state index in [4.69, 9.17) is 4.74 Å². The van der Waals surface area contributed by atoms with Gasteiger partial charge in [0, 0.05) is 17.7 Å². The summed E-state index contributed by atoms with van der Waals surface area (Å²) in [6.07, 6.45) is 3.76. The summed E-state index contributed by atoms with van der Waals surface area (Å²) in [5, 5.41) is 30.0. The predicted molar refractivity (Wildman–Crippen MR) is 111 cm³/mol. The second-order valence-electron chi connectivity index (χ2n) is 6.98. The zero-order valence-corrected chi connectivity index (χ0v) is 17.2. The topological polar surface area (TPSA) is 109 Å². The molecule has 0 heterocycles. The summed E-state index contributed by atoms with van der Waals surface area (Å²) in [6, 6.07) is 5.34. The Bertz CT molecular complexity index is 989. The van der Waals surface area contributed by atoms with Gasteiger partial charge >= 0.3 is 5.97 Å². The van der Waals surface area contributed by atoms with Crippen molar-refractivity contribution in [2.45, 2.75) is 40.5 Å². The summed E-state index contributed by atoms with van der Waals surface area (Å²) in [7, 11) is 0. The molecule has 0 saturated heterocycles. The standard InChI is InChI=1S/C22H26N2O5/c1-13(2)6-5-7-16-8-9-17-18(12-16)22(28)20(19(14(3)25)21(17)27)24-23-10-11-29-15(4)26/h6,8-9,12,27-28H,5,7,10-11H2,1-4H3. The Morgan fingerprint density at radius 2 is 1.79 bits per heavy atom. The molecule has 0 aromatic heterocycles. The molecule has 7 nitrogen and oxygen atoms in total. The Labute approximate surface area is 169 Å². The van der Waals surface area contributed by atoms with Crippen molar-refractivity contribution in [3.8, 4) is 11.5 Å². The molecule has 0 radical (unpaired) electrons. The summed E-state index contributed by atoms with van der Waals surface area (Å²) in [5.74, 6) is -1.34. The number of aryl methyl sites for hydroxylation is 1. The number of nitrogens with zero attached hydrogens (tertiary/aromatic N) is 2. The number of azo groups is 1. The molecule has 29 heavy (non-hydrogen) atoms. The molecule has 0 aliphatic heterocycles. The van der Waals surface area contributed by atoms with E-state index in [0.29, 0.717) is 10.8 Å². The van der Waals surface area contributed by atoms with E-state index < -0.39 is 11.8 Å². The van der Waals surface area contributed by atoms with Crippen molar-refractivity contribution in [1.29, 1.82) is 0 Å². The van der Waals surface area contributed by atoms with Gasteiger partial charge in [0.1, 0.15) is 18.0 Å². The molecular weight excluding hydrogens is 372 g/mol. The molecule has 2 aromatic carbocycles. The van der Waals surface area contributed by atoms with E-state index in [2.05, 4.69) is 16.3 Å². The predicted octanol–water partition coefficient (Wildman–Crippen LogP) is 5.00. The van der Waals surface area contributed by atoms with E-state index in [0.717, 1.165) is 18.4 Å². The molecule has 0 atom stereocenters. The van der Waals surface area contributed by atoms with Crippen molar-refractivity contribution in [3.05, 3.63) is 41.0 Å². The number of allylic oxidation sites excluding steroid dienone is 2. The van der Waals surface area contributed by atoms with Crippen LogP contribution in [-0.2, 0) is 16.0 Å². The van der Waals surface area contributed by atoms with Crippen LogP contribution in [0.3, 0.4) is 0 Å². The quantitative estimate of drug-likeness (QED) is 0.162. The highest BCUT2D eigenvalue weighted by molar-refractivity contribution is 6.11. The number of Topliss-reactive ketones (excluding diaryl/α,β-unsaturated/α-hetero) is 1. The fourth-order valence-corrected chi connectivity index (χ4v) is 2.95. The molecular formula is C22H26N2O5. The molecule has 0 fully saturated rings. The van der Waals surface area contributed by atoms with Gasteiger partial charge in [-0.2, -0.15) is 10.2 Å². The number of fused-ring (bicyclic) bond motifs is 1. The van der Waals surface area contributed by atoms with Crippen molar-refractivity contribution in [2.75, 3.05) is 13.2 Å². The number of benzene rings is 2. The molecule has 2 N–H and O–H groups in total. The SMILES string of the molecule is CC(=O)OCCN=Nc1c(C(C)=O)c(O)c2ccc(CCC=C(C)C)cc2c1O. The maximum absolute atomic E-state index is 12.1. The molecule has 7 heteroatoms. The minimum Gasteiger partial charge on any atom is -0.506 e. The maximum atomic E-state index is 12.1. The number of hydrogen-bond donors (Lipinski definition) is 2. The van der Waals surface area contributed by atoms with Crippen molar-refractivity contribution in [1.82, 2.24) is 0 Å². The van der Waals surface area contributed by atoms with Gasteiger partial charge < -0.3 is 14.9 Å². The van der Waals surface area contributed by atoms with E-state index in [-0.39, 0.29) is 35.9 Å². The van der Waals surface area contributed by atoms with Crippen LogP contribution < -0.4 is 0 Å². The zero-order chi connectivity index (χ0) is 21.6. The molecule has 0 spiro atoms. The molecule has 0 saturated carbocycles. The fourth-order valence-electron chi connectivity index (χ4n) is 2.95. The van der Waals surface area contributed by atoms with Gasteiger partial charge in [-0.05, 0) is 45.2 Å². The molecule has 0 amide bonds. The molecule has 2 rings (SSSR count). The van der Waals surface area contributed by atoms with Gasteiger partial charge in [-0.1, -0.05) is 23.8 Å². The molecule has 0 bridgehead atoms. The van der Waals surface area contributed by atoms with Crippen molar-refractivity contribution in [3.63, 3.8) is 0 Å². The number of phenols is 2. The summed E-state index contributed by atoms with van der Waals surface area (Å²) in [5.41, 5.74) is 2.03. The third-order valence-electron chi connectivity index (χ3n) is 4.30. The Balaban J connectivity index is 2.47. The van der Waals surface area contributed by atoms with Crippen LogP contribution in [0.5, 0.6) is 11.5 Å². The molecule has 0 unspecified atom stereocenters. The highest BCUT2D eigenvalue weighted by Crippen LogP contribution is 2.45. The van der Waals surface area contributed by atoms with Gasteiger partial charge in [0.25, 0.3) is 0 Å². The summed E-state index contributed by atoms with van der Waals surface area (Å²) >= 11 is 0. The first-order valence-corrected chi connectivity index (χ1v) is 9.38. The molecule has 2 aromatic rings. The molecule has 154 valence electrons. The van der Waals surface area contributed by atoms with Crippen LogP contribution in [0.15, 0.2) is 40.1 Å². The minimum absolute atomic E-state index is 0.0308. The van der Waals surface area contributed by atoms with Crippen LogP contribution in [-0.4, -0.2) is 35.1 Å². The van der Waals surface area contributed by atoms with E-state index in [9.17, 15) is 19.8 Å². The monoisotopic (exact) mass is 398 g/mol. The van der Waals surface area contributed by atoms with Gasteiger partial charge in [-0.3, -0.25) is 9.59 Å². The van der Waals surface area contributed by atoms with Crippen molar-refractivity contribution < 1.29 is 24.5 Å². The number of esters is 1. The fraction of sp³-hybridized carbons (Fsp3) is 0.364. The molecule has 0 aliphatic carbocycles. The van der Waals surface area contributed by atoms with E-state index >= 15 is 0 Å². The maximum Gasteiger partial charge on any atom is 0.302 e. The first-order chi connectivity index (χ1) is 13.7. The van der Waals surface area contributed by atoms with Gasteiger partial charge in [0.15, 0.2) is 11.5 Å². The van der Waals surface area contributed by atoms with Crippen LogP contribution >= 0.6 is 0 Å². The highest BCUT2D eigenvalue weighted by atomic mass is 16.5. The lowest BCUT2D eigenvalue weighted by Gasteiger charge is -2.13. The number of carbonyl (C=O) groups is 2. The van der Waals surface area contributed by atoms with Crippen LogP contribution in [0.2, 0.25) is 0 Å². The normalized spacial score (nSPS) is 11.0. The number of ketones is 1. The van der Waals surface area contributed by atoms with Gasteiger partial charge in [0.05, 0.1) is 12.1 Å². The number of ether oxygens (including phenoxy) is 1. The van der Waals surface area contributed by atoms with Crippen LogP contribution in [0.4, 0.5) is 5.69 Å². The van der Waals surface area contributed by atoms with Crippen molar-refractivity contribution >= 4 is 28.2 Å². The summed E-state index contributed by atoms with van der Waals surface area (Å²) < 4.78 is 4.78. The Kier molecular flexibility index (Phi) is 7.47. The zero-order valence-electron chi connectivity index (χ0n) is 17.2. The highest BCUT2D eigenvalue weighted by Gasteiger charge is 2.22. The van der Waals surface area contributed by atoms with Crippen molar-refractivity contribution in [2.24, 2.45) is 10.2 Å². The third-order valence-corrected chi connectivity index (χ3v) is 4.30. The number of rotatable bonds is 8. The first kappa shape index (κ1) is 22.1. The van der Waals surface area contributed by atoms with Gasteiger partial charge in [0.2, 0.25) is 0 Å². The van der Waals surface area contributed by atoms with Gasteiger partial charge in [-0.25, -0.2) is 0 Å². The number of phenolic OH excluding ortho intramolecular Hbond substituents is 2. The number of carbonyl (C=O) groups excluding carboxylic acids is 2. The lowest BCUT2D eigenvalue weighted by molar-refractivity contribution is -0.140. The summed E-state index contributed by atoms with van der Waals surface area (Å²) in [4.78, 5) is 22.9. The molecule has 0 aliphatic rings. The largest absolute Gasteiger partial charge is 0.506 e. The van der Waals surface area contributed by atoms with E-state index in [1.165, 1.54) is 19.4 Å². The number of aromatic hydroxyl groups is 2. The van der Waals surface area contributed by atoms with Crippen LogP contribution in [0.1, 0.15) is 50.0 Å².